The fourth-order valence-corrected chi connectivity index (χ4v) is 2.42. The van der Waals surface area contributed by atoms with E-state index < -0.39 is 0 Å². The van der Waals surface area contributed by atoms with Gasteiger partial charge in [-0.1, -0.05) is 28.1 Å². The van der Waals surface area contributed by atoms with Gasteiger partial charge in [0.1, 0.15) is 7.85 Å². The van der Waals surface area contributed by atoms with Crippen molar-refractivity contribution in [3.8, 4) is 0 Å². The number of rotatable bonds is 1. The molecular weight excluding hydrogens is 237 g/mol. The van der Waals surface area contributed by atoms with Gasteiger partial charge in [-0.2, -0.15) is 0 Å². The Balaban J connectivity index is 2.23. The van der Waals surface area contributed by atoms with Crippen LogP contribution < -0.4 is 5.32 Å². The van der Waals surface area contributed by atoms with E-state index in [2.05, 4.69) is 53.4 Å². The standard InChI is InChI=1S/C11H15BBrN/c12-11(6-1-7-14-8-11)9-2-4-10(13)5-3-9/h2-5,14H,1,6-8,12H2. The molecule has 1 nitrogen and oxygen atoms in total. The van der Waals surface area contributed by atoms with Crippen molar-refractivity contribution in [1.29, 1.82) is 0 Å². The molecule has 1 saturated heterocycles. The van der Waals surface area contributed by atoms with Crippen molar-refractivity contribution in [3.63, 3.8) is 0 Å². The molecule has 0 amide bonds. The monoisotopic (exact) mass is 251 g/mol. The summed E-state index contributed by atoms with van der Waals surface area (Å²) in [4.78, 5) is 0. The predicted molar refractivity (Wildman–Crippen MR) is 66.5 cm³/mol. The van der Waals surface area contributed by atoms with Crippen LogP contribution in [0.1, 0.15) is 18.4 Å². The second-order valence-corrected chi connectivity index (χ2v) is 5.26. The van der Waals surface area contributed by atoms with E-state index in [1.165, 1.54) is 24.9 Å². The first-order valence-corrected chi connectivity index (χ1v) is 5.97. The maximum absolute atomic E-state index is 3.48. The van der Waals surface area contributed by atoms with Gasteiger partial charge in [-0.05, 0) is 48.9 Å². The number of hydrogen-bond donors (Lipinski definition) is 1. The molecule has 2 rings (SSSR count). The Labute approximate surface area is 94.8 Å². The largest absolute Gasteiger partial charge is 0.317 e. The van der Waals surface area contributed by atoms with Gasteiger partial charge in [-0.25, -0.2) is 0 Å². The van der Waals surface area contributed by atoms with E-state index in [0.717, 1.165) is 11.0 Å². The molecule has 3 heteroatoms. The summed E-state index contributed by atoms with van der Waals surface area (Å²) >= 11 is 3.47. The van der Waals surface area contributed by atoms with E-state index in [4.69, 9.17) is 0 Å². The van der Waals surface area contributed by atoms with Crippen LogP contribution in [-0.4, -0.2) is 20.9 Å². The van der Waals surface area contributed by atoms with Gasteiger partial charge >= 0.3 is 0 Å². The highest BCUT2D eigenvalue weighted by molar-refractivity contribution is 9.10. The molecule has 0 aromatic heterocycles. The third kappa shape index (κ3) is 2.04. The summed E-state index contributed by atoms with van der Waals surface area (Å²) in [6, 6.07) is 8.73. The summed E-state index contributed by atoms with van der Waals surface area (Å²) in [7, 11) is 2.35. The Hall–Kier alpha value is -0.275. The van der Waals surface area contributed by atoms with Crippen LogP contribution in [0.5, 0.6) is 0 Å². The first kappa shape index (κ1) is 10.2. The minimum atomic E-state index is 0.332. The fourth-order valence-electron chi connectivity index (χ4n) is 2.15. The molecule has 74 valence electrons. The highest BCUT2D eigenvalue weighted by Gasteiger charge is 2.28. The topological polar surface area (TPSA) is 12.0 Å². The highest BCUT2D eigenvalue weighted by Crippen LogP contribution is 2.28. The van der Waals surface area contributed by atoms with Crippen LogP contribution >= 0.6 is 15.9 Å². The van der Waals surface area contributed by atoms with E-state index in [0.29, 0.717) is 5.31 Å². The van der Waals surface area contributed by atoms with Gasteiger partial charge in [0.05, 0.1) is 0 Å². The number of piperidine rings is 1. The summed E-state index contributed by atoms with van der Waals surface area (Å²) in [5.74, 6) is 0. The van der Waals surface area contributed by atoms with Crippen LogP contribution in [-0.2, 0) is 5.31 Å². The molecule has 0 spiro atoms. The second-order valence-electron chi connectivity index (χ2n) is 4.35. The third-order valence-electron chi connectivity index (χ3n) is 3.14. The van der Waals surface area contributed by atoms with Crippen molar-refractivity contribution in [2.45, 2.75) is 18.2 Å². The van der Waals surface area contributed by atoms with Crippen LogP contribution in [0.15, 0.2) is 28.7 Å². The van der Waals surface area contributed by atoms with Gasteiger partial charge in [0.2, 0.25) is 0 Å². The van der Waals surface area contributed by atoms with E-state index in [-0.39, 0.29) is 0 Å². The lowest BCUT2D eigenvalue weighted by atomic mass is 9.60. The molecule has 0 saturated carbocycles. The van der Waals surface area contributed by atoms with Crippen LogP contribution in [0.2, 0.25) is 0 Å². The van der Waals surface area contributed by atoms with Crippen molar-refractivity contribution in [2.75, 3.05) is 13.1 Å². The zero-order valence-electron chi connectivity index (χ0n) is 8.52. The summed E-state index contributed by atoms with van der Waals surface area (Å²) in [6.07, 6.45) is 2.58. The smallest absolute Gasteiger partial charge is 0.116 e. The SMILES string of the molecule is BC1(c2ccc(Br)cc2)CCCNC1. The van der Waals surface area contributed by atoms with Crippen molar-refractivity contribution in [3.05, 3.63) is 34.3 Å². The van der Waals surface area contributed by atoms with Crippen molar-refractivity contribution in [2.24, 2.45) is 0 Å². The molecule has 1 unspecified atom stereocenters. The molecule has 14 heavy (non-hydrogen) atoms. The zero-order chi connectivity index (χ0) is 10.0. The Morgan fingerprint density at radius 3 is 2.57 bits per heavy atom. The van der Waals surface area contributed by atoms with Gasteiger partial charge in [-0.15, -0.1) is 0 Å². The van der Waals surface area contributed by atoms with Gasteiger partial charge in [-0.3, -0.25) is 0 Å². The minimum absolute atomic E-state index is 0.332. The Morgan fingerprint density at radius 1 is 1.29 bits per heavy atom. The summed E-state index contributed by atoms with van der Waals surface area (Å²) in [6.45, 7) is 2.28. The van der Waals surface area contributed by atoms with Gasteiger partial charge in [0.25, 0.3) is 0 Å². The Kier molecular flexibility index (Phi) is 2.98. The molecule has 0 bridgehead atoms. The fraction of sp³-hybridized carbons (Fsp3) is 0.455. The number of nitrogens with one attached hydrogen (secondary N) is 1. The number of hydrogen-bond acceptors (Lipinski definition) is 1. The van der Waals surface area contributed by atoms with Crippen molar-refractivity contribution < 1.29 is 0 Å². The zero-order valence-corrected chi connectivity index (χ0v) is 10.1. The molecule has 1 atom stereocenters. The second kappa shape index (κ2) is 4.07. The van der Waals surface area contributed by atoms with Crippen molar-refractivity contribution >= 4 is 23.8 Å². The average molecular weight is 252 g/mol. The lowest BCUT2D eigenvalue weighted by Crippen LogP contribution is -2.43. The van der Waals surface area contributed by atoms with Crippen LogP contribution in [0.4, 0.5) is 0 Å². The molecular formula is C11H15BBrN. The minimum Gasteiger partial charge on any atom is -0.317 e. The van der Waals surface area contributed by atoms with Gasteiger partial charge in [0, 0.05) is 4.47 Å². The molecule has 1 aliphatic heterocycles. The molecule has 0 aliphatic carbocycles. The normalized spacial score (nSPS) is 27.5. The maximum Gasteiger partial charge on any atom is 0.116 e. The quantitative estimate of drug-likeness (QED) is 0.749. The first-order chi connectivity index (χ1) is 6.71. The number of halogens is 1. The van der Waals surface area contributed by atoms with Gasteiger partial charge in [0.15, 0.2) is 0 Å². The molecule has 1 N–H and O–H groups in total. The predicted octanol–water partition coefficient (Wildman–Crippen LogP) is 1.66. The van der Waals surface area contributed by atoms with E-state index in [1.807, 2.05) is 0 Å². The molecule has 1 aromatic carbocycles. The maximum atomic E-state index is 3.48. The third-order valence-corrected chi connectivity index (χ3v) is 3.67. The van der Waals surface area contributed by atoms with Crippen LogP contribution in [0, 0.1) is 0 Å². The van der Waals surface area contributed by atoms with Crippen LogP contribution in [0.25, 0.3) is 0 Å². The summed E-state index contributed by atoms with van der Waals surface area (Å²) in [5, 5.41) is 3.81. The first-order valence-electron chi connectivity index (χ1n) is 5.17. The Morgan fingerprint density at radius 2 is 2.00 bits per heavy atom. The van der Waals surface area contributed by atoms with Crippen molar-refractivity contribution in [1.82, 2.24) is 5.32 Å². The van der Waals surface area contributed by atoms with E-state index in [9.17, 15) is 0 Å². The molecule has 1 aliphatic rings. The van der Waals surface area contributed by atoms with Crippen LogP contribution in [0.3, 0.4) is 0 Å². The van der Waals surface area contributed by atoms with E-state index in [1.54, 1.807) is 0 Å². The molecule has 1 aromatic rings. The lowest BCUT2D eigenvalue weighted by Gasteiger charge is -2.34. The number of benzene rings is 1. The highest BCUT2D eigenvalue weighted by atomic mass is 79.9. The summed E-state index contributed by atoms with van der Waals surface area (Å²) < 4.78 is 1.16. The Bertz CT molecular complexity index is 304. The van der Waals surface area contributed by atoms with Gasteiger partial charge < -0.3 is 5.32 Å². The van der Waals surface area contributed by atoms with E-state index >= 15 is 0 Å². The lowest BCUT2D eigenvalue weighted by molar-refractivity contribution is 0.417. The average Bonchev–Trinajstić information content (AvgIpc) is 2.19. The molecule has 0 radical (unpaired) electrons. The molecule has 1 fully saturated rings. The summed E-state index contributed by atoms with van der Waals surface area (Å²) in [5.41, 5.74) is 1.45. The molecule has 1 heterocycles.